The maximum absolute atomic E-state index is 5.87. The smallest absolute Gasteiger partial charge is 0.374 e. The Morgan fingerprint density at radius 2 is 1.62 bits per heavy atom. The second kappa shape index (κ2) is 11.4. The molecular formula is C14H31ClN2O3Si. The Labute approximate surface area is 136 Å². The van der Waals surface area contributed by atoms with E-state index in [2.05, 4.69) is 16.8 Å². The van der Waals surface area contributed by atoms with Gasteiger partial charge in [-0.2, -0.15) is 0 Å². The van der Waals surface area contributed by atoms with E-state index in [-0.39, 0.29) is 12.4 Å². The van der Waals surface area contributed by atoms with Gasteiger partial charge in [-0.15, -0.1) is 12.4 Å². The summed E-state index contributed by atoms with van der Waals surface area (Å²) >= 11 is 0. The fourth-order valence-corrected chi connectivity index (χ4v) is 5.19. The second-order valence-electron chi connectivity index (χ2n) is 4.72. The van der Waals surface area contributed by atoms with Crippen LogP contribution in [0.25, 0.3) is 0 Å². The summed E-state index contributed by atoms with van der Waals surface area (Å²) < 4.78 is 17.6. The molecule has 5 nitrogen and oxygen atoms in total. The lowest BCUT2D eigenvalue weighted by Gasteiger charge is -2.29. The van der Waals surface area contributed by atoms with E-state index in [0.29, 0.717) is 19.8 Å². The molecule has 1 rings (SSSR count). The average Bonchev–Trinajstić information content (AvgIpc) is 2.87. The van der Waals surface area contributed by atoms with E-state index in [1.165, 1.54) is 5.84 Å². The van der Waals surface area contributed by atoms with Gasteiger partial charge in [0.15, 0.2) is 0 Å². The number of hydrogen-bond acceptors (Lipinski definition) is 5. The van der Waals surface area contributed by atoms with Gasteiger partial charge in [-0.05, 0) is 27.2 Å². The Hall–Kier alpha value is -0.143. The highest BCUT2D eigenvalue weighted by Crippen LogP contribution is 2.19. The van der Waals surface area contributed by atoms with Crippen LogP contribution < -0.4 is 0 Å². The van der Waals surface area contributed by atoms with E-state index in [0.717, 1.165) is 38.5 Å². The molecule has 0 atom stereocenters. The summed E-state index contributed by atoms with van der Waals surface area (Å²) in [5.74, 6) is 1.24. The van der Waals surface area contributed by atoms with Crippen molar-refractivity contribution in [3.05, 3.63) is 0 Å². The topological polar surface area (TPSA) is 43.3 Å². The Morgan fingerprint density at radius 1 is 1.05 bits per heavy atom. The van der Waals surface area contributed by atoms with Crippen molar-refractivity contribution in [2.75, 3.05) is 39.5 Å². The SMILES string of the molecule is CCO[Si](CCCN1CCN=C1CC)(OCC)OCC.Cl. The van der Waals surface area contributed by atoms with Gasteiger partial charge in [-0.25, -0.2) is 0 Å². The van der Waals surface area contributed by atoms with Crippen LogP contribution in [0.5, 0.6) is 0 Å². The first-order valence-electron chi connectivity index (χ1n) is 7.91. The molecule has 1 aliphatic heterocycles. The zero-order chi connectivity index (χ0) is 14.8. The Morgan fingerprint density at radius 3 is 2.10 bits per heavy atom. The van der Waals surface area contributed by atoms with Gasteiger partial charge in [0.25, 0.3) is 0 Å². The quantitative estimate of drug-likeness (QED) is 0.543. The molecule has 0 bridgehead atoms. The maximum atomic E-state index is 5.87. The summed E-state index contributed by atoms with van der Waals surface area (Å²) in [7, 11) is -2.47. The van der Waals surface area contributed by atoms with Gasteiger partial charge in [0.2, 0.25) is 0 Å². The van der Waals surface area contributed by atoms with Crippen LogP contribution in [0.3, 0.4) is 0 Å². The van der Waals surface area contributed by atoms with Crippen LogP contribution in [0.15, 0.2) is 4.99 Å². The third kappa shape index (κ3) is 6.65. The monoisotopic (exact) mass is 338 g/mol. The minimum absolute atomic E-state index is 0. The van der Waals surface area contributed by atoms with Gasteiger partial charge in [0.05, 0.1) is 12.4 Å². The van der Waals surface area contributed by atoms with E-state index >= 15 is 0 Å². The minimum Gasteiger partial charge on any atom is -0.374 e. The summed E-state index contributed by atoms with van der Waals surface area (Å²) in [5.41, 5.74) is 0. The molecule has 1 heterocycles. The molecule has 0 fully saturated rings. The molecule has 0 aliphatic carbocycles. The van der Waals surface area contributed by atoms with Gasteiger partial charge >= 0.3 is 8.80 Å². The molecule has 0 aromatic heterocycles. The highest BCUT2D eigenvalue weighted by atomic mass is 35.5. The lowest BCUT2D eigenvalue weighted by Crippen LogP contribution is -2.46. The molecular weight excluding hydrogens is 308 g/mol. The summed E-state index contributed by atoms with van der Waals surface area (Å²) in [6.45, 7) is 13.1. The fourth-order valence-electron chi connectivity index (χ4n) is 2.59. The van der Waals surface area contributed by atoms with Crippen LogP contribution in [0.4, 0.5) is 0 Å². The maximum Gasteiger partial charge on any atom is 0.500 e. The summed E-state index contributed by atoms with van der Waals surface area (Å²) in [6.07, 6.45) is 2.05. The van der Waals surface area contributed by atoms with Gasteiger partial charge in [-0.3, -0.25) is 4.99 Å². The lowest BCUT2D eigenvalue weighted by molar-refractivity contribution is 0.0704. The Balaban J connectivity index is 0.00000400. The van der Waals surface area contributed by atoms with E-state index < -0.39 is 8.80 Å². The van der Waals surface area contributed by atoms with Gasteiger partial charge in [-0.1, -0.05) is 6.92 Å². The molecule has 21 heavy (non-hydrogen) atoms. The van der Waals surface area contributed by atoms with Crippen molar-refractivity contribution >= 4 is 27.0 Å². The van der Waals surface area contributed by atoms with Crippen LogP contribution in [0, 0.1) is 0 Å². The van der Waals surface area contributed by atoms with E-state index in [4.69, 9.17) is 13.3 Å². The third-order valence-electron chi connectivity index (χ3n) is 3.35. The van der Waals surface area contributed by atoms with Gasteiger partial charge < -0.3 is 18.2 Å². The van der Waals surface area contributed by atoms with E-state index in [1.54, 1.807) is 0 Å². The second-order valence-corrected chi connectivity index (χ2v) is 7.46. The van der Waals surface area contributed by atoms with Gasteiger partial charge in [0.1, 0.15) is 0 Å². The zero-order valence-electron chi connectivity index (χ0n) is 13.9. The molecule has 0 radical (unpaired) electrons. The number of nitrogens with zero attached hydrogens (tertiary/aromatic N) is 2. The Bertz CT molecular complexity index is 289. The largest absolute Gasteiger partial charge is 0.500 e. The molecule has 0 N–H and O–H groups in total. The Kier molecular flexibility index (Phi) is 11.3. The predicted octanol–water partition coefficient (Wildman–Crippen LogP) is 2.97. The van der Waals surface area contributed by atoms with Crippen LogP contribution in [0.2, 0.25) is 6.04 Å². The first-order valence-corrected chi connectivity index (χ1v) is 9.84. The van der Waals surface area contributed by atoms with Crippen LogP contribution in [-0.2, 0) is 13.3 Å². The summed E-state index contributed by atoms with van der Waals surface area (Å²) in [6, 6.07) is 0.885. The third-order valence-corrected chi connectivity index (χ3v) is 6.50. The first-order chi connectivity index (χ1) is 9.71. The minimum atomic E-state index is -2.47. The normalized spacial score (nSPS) is 15.0. The molecule has 7 heteroatoms. The van der Waals surface area contributed by atoms with E-state index in [1.807, 2.05) is 20.8 Å². The van der Waals surface area contributed by atoms with Crippen molar-refractivity contribution in [3.8, 4) is 0 Å². The van der Waals surface area contributed by atoms with E-state index in [9.17, 15) is 0 Å². The van der Waals surface area contributed by atoms with Crippen molar-refractivity contribution in [1.29, 1.82) is 0 Å². The zero-order valence-corrected chi connectivity index (χ0v) is 15.7. The number of halogens is 1. The van der Waals surface area contributed by atoms with Crippen LogP contribution in [-0.4, -0.2) is 59.0 Å². The molecule has 0 aromatic rings. The molecule has 0 unspecified atom stereocenters. The predicted molar refractivity (Wildman–Crippen MR) is 91.5 cm³/mol. The molecule has 0 aromatic carbocycles. The number of amidine groups is 1. The fraction of sp³-hybridized carbons (Fsp3) is 0.929. The van der Waals surface area contributed by atoms with Crippen LogP contribution in [0.1, 0.15) is 40.5 Å². The summed E-state index contributed by atoms with van der Waals surface area (Å²) in [5, 5.41) is 0. The van der Waals surface area contributed by atoms with Crippen molar-refractivity contribution < 1.29 is 13.3 Å². The van der Waals surface area contributed by atoms with Crippen molar-refractivity contribution in [2.24, 2.45) is 4.99 Å². The molecule has 0 amide bonds. The molecule has 0 spiro atoms. The standard InChI is InChI=1S/C14H30N2O3Si.ClH/c1-5-14-15-10-12-16(14)11-9-13-20(17-6-2,18-7-3)19-8-4;/h5-13H2,1-4H3;1H. The van der Waals surface area contributed by atoms with Gasteiger partial charge in [0, 0.05) is 45.4 Å². The summed E-state index contributed by atoms with van der Waals surface area (Å²) in [4.78, 5) is 6.90. The number of aliphatic imine (C=N–C) groups is 1. The number of hydrogen-bond donors (Lipinski definition) is 0. The first kappa shape index (κ1) is 20.9. The van der Waals surface area contributed by atoms with Crippen molar-refractivity contribution in [2.45, 2.75) is 46.6 Å². The average molecular weight is 339 g/mol. The molecule has 126 valence electrons. The molecule has 0 saturated carbocycles. The van der Waals surface area contributed by atoms with Crippen molar-refractivity contribution in [1.82, 2.24) is 4.90 Å². The highest BCUT2D eigenvalue weighted by molar-refractivity contribution is 6.60. The number of rotatable bonds is 11. The van der Waals surface area contributed by atoms with Crippen LogP contribution >= 0.6 is 12.4 Å². The molecule has 1 aliphatic rings. The highest BCUT2D eigenvalue weighted by Gasteiger charge is 2.39. The molecule has 0 saturated heterocycles. The van der Waals surface area contributed by atoms with Crippen molar-refractivity contribution in [3.63, 3.8) is 0 Å². The lowest BCUT2D eigenvalue weighted by atomic mass is 10.3.